The Hall–Kier alpha value is -1.45. The summed E-state index contributed by atoms with van der Waals surface area (Å²) in [6, 6.07) is 5.38. The number of anilines is 1. The Kier molecular flexibility index (Phi) is 5.63. The minimum Gasteiger partial charge on any atom is -0.486 e. The molecule has 0 atom stereocenters. The van der Waals surface area contributed by atoms with Crippen molar-refractivity contribution in [3.05, 3.63) is 18.2 Å². The van der Waals surface area contributed by atoms with E-state index in [0.717, 1.165) is 14.4 Å². The van der Waals surface area contributed by atoms with Crippen LogP contribution in [0.1, 0.15) is 6.92 Å². The van der Waals surface area contributed by atoms with Crippen molar-refractivity contribution in [2.75, 3.05) is 30.0 Å². The van der Waals surface area contributed by atoms with Crippen LogP contribution in [0.4, 0.5) is 5.69 Å². The number of thioether (sulfide) groups is 2. The zero-order valence-corrected chi connectivity index (χ0v) is 14.9. The second-order valence-electron chi connectivity index (χ2n) is 4.46. The fourth-order valence-corrected chi connectivity index (χ4v) is 4.60. The van der Waals surface area contributed by atoms with Gasteiger partial charge in [-0.15, -0.1) is 10.2 Å². The summed E-state index contributed by atoms with van der Waals surface area (Å²) in [4.78, 5) is 12.0. The highest BCUT2D eigenvalue weighted by Gasteiger charge is 2.13. The van der Waals surface area contributed by atoms with E-state index >= 15 is 0 Å². The molecular formula is C14H15N3O3S3. The first kappa shape index (κ1) is 16.4. The molecule has 1 aromatic heterocycles. The lowest BCUT2D eigenvalue weighted by atomic mass is 10.2. The summed E-state index contributed by atoms with van der Waals surface area (Å²) >= 11 is 4.55. The SMILES string of the molecule is CCSc1nnc(SCC(=O)Nc2ccc3c(c2)OCCO3)s1. The largest absolute Gasteiger partial charge is 0.486 e. The molecule has 0 saturated carbocycles. The van der Waals surface area contributed by atoms with Crippen LogP contribution >= 0.6 is 34.9 Å². The molecule has 2 heterocycles. The fourth-order valence-electron chi connectivity index (χ4n) is 1.88. The predicted octanol–water partition coefficient (Wildman–Crippen LogP) is 3.15. The molecule has 1 aliphatic heterocycles. The summed E-state index contributed by atoms with van der Waals surface area (Å²) < 4.78 is 12.7. The number of hydrogen-bond donors (Lipinski definition) is 1. The van der Waals surface area contributed by atoms with E-state index in [1.165, 1.54) is 23.1 Å². The molecule has 1 aromatic carbocycles. The van der Waals surface area contributed by atoms with Crippen molar-refractivity contribution in [1.29, 1.82) is 0 Å². The molecule has 1 N–H and O–H groups in total. The van der Waals surface area contributed by atoms with Gasteiger partial charge in [-0.2, -0.15) is 0 Å². The Morgan fingerprint density at radius 2 is 1.96 bits per heavy atom. The highest BCUT2D eigenvalue weighted by atomic mass is 32.2. The summed E-state index contributed by atoms with van der Waals surface area (Å²) in [6.07, 6.45) is 0. The molecule has 6 nitrogen and oxygen atoms in total. The molecule has 1 aliphatic rings. The molecule has 0 radical (unpaired) electrons. The van der Waals surface area contributed by atoms with E-state index in [4.69, 9.17) is 9.47 Å². The molecule has 0 bridgehead atoms. The van der Waals surface area contributed by atoms with Gasteiger partial charge in [-0.3, -0.25) is 4.79 Å². The van der Waals surface area contributed by atoms with E-state index in [1.807, 2.05) is 0 Å². The number of nitrogens with one attached hydrogen (secondary N) is 1. The van der Waals surface area contributed by atoms with Crippen molar-refractivity contribution in [2.45, 2.75) is 15.6 Å². The zero-order valence-electron chi connectivity index (χ0n) is 12.4. The number of benzene rings is 1. The average molecular weight is 369 g/mol. The van der Waals surface area contributed by atoms with Crippen molar-refractivity contribution < 1.29 is 14.3 Å². The maximum Gasteiger partial charge on any atom is 0.234 e. The maximum atomic E-state index is 12.0. The summed E-state index contributed by atoms with van der Waals surface area (Å²) in [6.45, 7) is 3.14. The topological polar surface area (TPSA) is 73.3 Å². The first-order valence-corrected chi connectivity index (χ1v) is 9.82. The Morgan fingerprint density at radius 1 is 1.22 bits per heavy atom. The minimum absolute atomic E-state index is 0.0911. The second kappa shape index (κ2) is 7.89. The lowest BCUT2D eigenvalue weighted by Gasteiger charge is -2.18. The number of carbonyl (C=O) groups is 1. The number of hydrogen-bond acceptors (Lipinski definition) is 8. The number of ether oxygens (including phenoxy) is 2. The average Bonchev–Trinajstić information content (AvgIpc) is 3.01. The molecule has 122 valence electrons. The number of carbonyl (C=O) groups excluding carboxylic acids is 1. The highest BCUT2D eigenvalue weighted by molar-refractivity contribution is 8.03. The van der Waals surface area contributed by atoms with Gasteiger partial charge in [-0.05, 0) is 17.9 Å². The van der Waals surface area contributed by atoms with Gasteiger partial charge < -0.3 is 14.8 Å². The summed E-state index contributed by atoms with van der Waals surface area (Å²) in [5, 5.41) is 11.0. The number of fused-ring (bicyclic) bond motifs is 1. The Morgan fingerprint density at radius 3 is 2.74 bits per heavy atom. The molecule has 9 heteroatoms. The van der Waals surface area contributed by atoms with Crippen LogP contribution in [-0.4, -0.2) is 40.8 Å². The van der Waals surface area contributed by atoms with E-state index in [1.54, 1.807) is 30.0 Å². The van der Waals surface area contributed by atoms with Crippen molar-refractivity contribution in [2.24, 2.45) is 0 Å². The predicted molar refractivity (Wildman–Crippen MR) is 93.1 cm³/mol. The van der Waals surface area contributed by atoms with Crippen LogP contribution in [-0.2, 0) is 4.79 Å². The summed E-state index contributed by atoms with van der Waals surface area (Å²) in [5.41, 5.74) is 0.694. The molecule has 3 rings (SSSR count). The van der Waals surface area contributed by atoms with Crippen molar-refractivity contribution in [1.82, 2.24) is 10.2 Å². The summed E-state index contributed by atoms with van der Waals surface area (Å²) in [7, 11) is 0. The molecule has 0 saturated heterocycles. The summed E-state index contributed by atoms with van der Waals surface area (Å²) in [5.74, 6) is 2.53. The normalized spacial score (nSPS) is 12.9. The van der Waals surface area contributed by atoms with E-state index in [0.29, 0.717) is 36.2 Å². The number of rotatable bonds is 6. The lowest BCUT2D eigenvalue weighted by molar-refractivity contribution is -0.113. The van der Waals surface area contributed by atoms with Crippen molar-refractivity contribution in [3.8, 4) is 11.5 Å². The van der Waals surface area contributed by atoms with E-state index in [9.17, 15) is 4.79 Å². The first-order chi connectivity index (χ1) is 11.2. The Balaban J connectivity index is 1.52. The molecule has 0 spiro atoms. The molecule has 0 unspecified atom stereocenters. The number of aromatic nitrogens is 2. The minimum atomic E-state index is -0.0911. The standard InChI is InChI=1S/C14H15N3O3S3/c1-2-21-13-16-17-14(23-13)22-8-12(18)15-9-3-4-10-11(7-9)20-6-5-19-10/h3-4,7H,2,5-6,8H2,1H3,(H,15,18). The molecule has 1 amide bonds. The van der Waals surface area contributed by atoms with E-state index in [-0.39, 0.29) is 5.91 Å². The first-order valence-electron chi connectivity index (χ1n) is 7.03. The van der Waals surface area contributed by atoms with Crippen LogP contribution in [0.5, 0.6) is 11.5 Å². The molecule has 0 fully saturated rings. The lowest BCUT2D eigenvalue weighted by Crippen LogP contribution is -2.17. The highest BCUT2D eigenvalue weighted by Crippen LogP contribution is 2.33. The monoisotopic (exact) mass is 369 g/mol. The quantitative estimate of drug-likeness (QED) is 0.784. The number of amides is 1. The molecular weight excluding hydrogens is 354 g/mol. The van der Waals surface area contributed by atoms with Gasteiger partial charge >= 0.3 is 0 Å². The fraction of sp³-hybridized carbons (Fsp3) is 0.357. The van der Waals surface area contributed by atoms with Gasteiger partial charge in [0.25, 0.3) is 0 Å². The third kappa shape index (κ3) is 4.52. The van der Waals surface area contributed by atoms with Crippen molar-refractivity contribution in [3.63, 3.8) is 0 Å². The van der Waals surface area contributed by atoms with Gasteiger partial charge in [-0.25, -0.2) is 0 Å². The maximum absolute atomic E-state index is 12.0. The third-order valence-corrected chi connectivity index (χ3v) is 5.88. The second-order valence-corrected chi connectivity index (χ2v) is 8.17. The van der Waals surface area contributed by atoms with Crippen LogP contribution in [0.25, 0.3) is 0 Å². The van der Waals surface area contributed by atoms with Crippen LogP contribution in [0, 0.1) is 0 Å². The smallest absolute Gasteiger partial charge is 0.234 e. The van der Waals surface area contributed by atoms with Crippen LogP contribution in [0.2, 0.25) is 0 Å². The molecule has 2 aromatic rings. The molecule has 0 aliphatic carbocycles. The van der Waals surface area contributed by atoms with Crippen LogP contribution in [0.15, 0.2) is 26.9 Å². The van der Waals surface area contributed by atoms with Crippen LogP contribution in [0.3, 0.4) is 0 Å². The third-order valence-electron chi connectivity index (χ3n) is 2.81. The Labute approximate surface area is 146 Å². The van der Waals surface area contributed by atoms with E-state index < -0.39 is 0 Å². The van der Waals surface area contributed by atoms with Gasteiger partial charge in [0.15, 0.2) is 20.2 Å². The van der Waals surface area contributed by atoms with Gasteiger partial charge in [0.05, 0.1) is 5.75 Å². The van der Waals surface area contributed by atoms with E-state index in [2.05, 4.69) is 22.4 Å². The van der Waals surface area contributed by atoms with Crippen molar-refractivity contribution >= 4 is 46.5 Å². The van der Waals surface area contributed by atoms with Gasteiger partial charge in [0, 0.05) is 11.8 Å². The zero-order chi connectivity index (χ0) is 16.1. The van der Waals surface area contributed by atoms with Gasteiger partial charge in [-0.1, -0.05) is 41.8 Å². The van der Waals surface area contributed by atoms with Gasteiger partial charge in [0.2, 0.25) is 5.91 Å². The van der Waals surface area contributed by atoms with Crippen LogP contribution < -0.4 is 14.8 Å². The Bertz CT molecular complexity index is 693. The van der Waals surface area contributed by atoms with Gasteiger partial charge in [0.1, 0.15) is 13.2 Å². The number of nitrogens with zero attached hydrogens (tertiary/aromatic N) is 2. The molecule has 23 heavy (non-hydrogen) atoms.